The van der Waals surface area contributed by atoms with Crippen molar-refractivity contribution < 1.29 is 49.3 Å². The lowest BCUT2D eigenvalue weighted by atomic mass is 9.80. The van der Waals surface area contributed by atoms with Gasteiger partial charge in [-0.1, -0.05) is 30.3 Å². The molecule has 0 radical (unpaired) electrons. The highest BCUT2D eigenvalue weighted by molar-refractivity contribution is 6.30. The summed E-state index contributed by atoms with van der Waals surface area (Å²) >= 11 is 0. The molecule has 1 aliphatic heterocycles. The number of rotatable bonds is 9. The van der Waals surface area contributed by atoms with Gasteiger partial charge in [0.1, 0.15) is 41.7 Å². The molecule has 3 aromatic rings. The zero-order chi connectivity index (χ0) is 32.4. The molecule has 0 aromatic heterocycles. The second-order valence-corrected chi connectivity index (χ2v) is 10.8. The molecule has 0 spiro atoms. The van der Waals surface area contributed by atoms with E-state index in [4.69, 9.17) is 19.9 Å². The number of nitrogens with two attached hydrogens (primary N) is 1. The topological polar surface area (TPSA) is 213 Å². The maximum Gasteiger partial charge on any atom is 0.229 e. The first-order chi connectivity index (χ1) is 21.6. The quantitative estimate of drug-likeness (QED) is 0.0985. The standard InChI is InChI=1S/C32H35N3O10/c1-34-32(33)35-13-20-16(9-8-15-6-4-3-5-7-15)10-18-24(26(20)38)28(40)23-19(25(18)37)11-17(43-2)12-21(23)44-31-30(42)29(41)27(39)22(14-36)45-31/h3-7,10-12,22,27,29-31,36,38-39,41-42H,8-9,13-14H2,1-2H3,(H3,33,34,35). The average Bonchev–Trinajstić information content (AvgIpc) is 3.05. The van der Waals surface area contributed by atoms with Crippen LogP contribution in [0.3, 0.4) is 0 Å². The Labute approximate surface area is 258 Å². The minimum atomic E-state index is -1.78. The number of aromatic hydroxyl groups is 1. The number of nitrogens with zero attached hydrogens (tertiary/aromatic N) is 1. The van der Waals surface area contributed by atoms with Gasteiger partial charge in [-0.05, 0) is 36.1 Å². The van der Waals surface area contributed by atoms with Crippen LogP contribution in [0.4, 0.5) is 0 Å². The van der Waals surface area contributed by atoms with Crippen LogP contribution < -0.4 is 20.5 Å². The van der Waals surface area contributed by atoms with Gasteiger partial charge in [0.05, 0.1) is 24.8 Å². The van der Waals surface area contributed by atoms with Crippen LogP contribution >= 0.6 is 0 Å². The molecule has 1 heterocycles. The molecule has 2 aliphatic rings. The van der Waals surface area contributed by atoms with Gasteiger partial charge in [0.15, 0.2) is 11.7 Å². The minimum Gasteiger partial charge on any atom is -0.507 e. The van der Waals surface area contributed by atoms with E-state index in [1.54, 1.807) is 6.07 Å². The molecule has 1 fully saturated rings. The number of nitrogens with one attached hydrogen (secondary N) is 1. The van der Waals surface area contributed by atoms with Gasteiger partial charge in [-0.2, -0.15) is 0 Å². The van der Waals surface area contributed by atoms with E-state index in [2.05, 4.69) is 10.3 Å². The number of aryl methyl sites for hydroxylation is 2. The third-order valence-corrected chi connectivity index (χ3v) is 8.06. The van der Waals surface area contributed by atoms with E-state index < -0.39 is 54.6 Å². The zero-order valence-electron chi connectivity index (χ0n) is 24.6. The molecule has 5 rings (SSSR count). The number of aliphatic hydroxyl groups excluding tert-OH is 4. The number of hydrogen-bond acceptors (Lipinski definition) is 11. The number of carbonyl (C=O) groups excluding carboxylic acids is 2. The van der Waals surface area contributed by atoms with Gasteiger partial charge in [-0.25, -0.2) is 0 Å². The molecule has 238 valence electrons. The highest BCUT2D eigenvalue weighted by atomic mass is 16.7. The van der Waals surface area contributed by atoms with E-state index in [9.17, 15) is 35.1 Å². The first-order valence-electron chi connectivity index (χ1n) is 14.3. The van der Waals surface area contributed by atoms with Crippen molar-refractivity contribution in [2.75, 3.05) is 20.8 Å². The van der Waals surface area contributed by atoms with Crippen LogP contribution in [0.1, 0.15) is 48.5 Å². The number of methoxy groups -OCH3 is 1. The van der Waals surface area contributed by atoms with Gasteiger partial charge in [0, 0.05) is 36.3 Å². The Morgan fingerprint density at radius 3 is 2.36 bits per heavy atom. The fraction of sp³-hybridized carbons (Fsp3) is 0.344. The number of aliphatic imine (C=N–C) groups is 1. The summed E-state index contributed by atoms with van der Waals surface area (Å²) in [6, 6.07) is 13.9. The molecule has 45 heavy (non-hydrogen) atoms. The summed E-state index contributed by atoms with van der Waals surface area (Å²) in [5, 5.41) is 55.1. The lowest BCUT2D eigenvalue weighted by Crippen LogP contribution is -2.60. The van der Waals surface area contributed by atoms with Crippen LogP contribution in [-0.2, 0) is 24.1 Å². The molecule has 0 amide bonds. The van der Waals surface area contributed by atoms with Crippen molar-refractivity contribution in [3.63, 3.8) is 0 Å². The summed E-state index contributed by atoms with van der Waals surface area (Å²) in [7, 11) is 2.84. The SMILES string of the molecule is CN=C(N)NCc1c(CCc2ccccc2)cc2c(c1O)C(=O)c1c(OC3OC(CO)C(O)C(O)C3O)cc(OC)cc1C2=O. The molecule has 0 saturated carbocycles. The van der Waals surface area contributed by atoms with Crippen molar-refractivity contribution in [2.45, 2.75) is 50.1 Å². The number of phenolic OH excluding ortho intramolecular Hbond substituents is 1. The number of hydrogen-bond donors (Lipinski definition) is 7. The summed E-state index contributed by atoms with van der Waals surface area (Å²) in [6.07, 6.45) is -7.06. The molecule has 1 saturated heterocycles. The minimum absolute atomic E-state index is 0.0115. The molecule has 5 atom stereocenters. The second kappa shape index (κ2) is 13.2. The summed E-state index contributed by atoms with van der Waals surface area (Å²) in [5.41, 5.74) is 7.29. The second-order valence-electron chi connectivity index (χ2n) is 10.8. The molecule has 8 N–H and O–H groups in total. The van der Waals surface area contributed by atoms with Crippen molar-refractivity contribution in [2.24, 2.45) is 10.7 Å². The number of fused-ring (bicyclic) bond motifs is 2. The summed E-state index contributed by atoms with van der Waals surface area (Å²) < 4.78 is 16.7. The molecule has 13 heteroatoms. The predicted molar refractivity (Wildman–Crippen MR) is 161 cm³/mol. The van der Waals surface area contributed by atoms with E-state index >= 15 is 0 Å². The number of ketones is 2. The Morgan fingerprint density at radius 2 is 1.69 bits per heavy atom. The molecule has 5 unspecified atom stereocenters. The number of carbonyl (C=O) groups is 2. The normalized spacial score (nSPS) is 22.9. The third-order valence-electron chi connectivity index (χ3n) is 8.06. The maximum absolute atomic E-state index is 14.2. The van der Waals surface area contributed by atoms with Crippen LogP contribution in [-0.4, -0.2) is 94.5 Å². The van der Waals surface area contributed by atoms with Crippen molar-refractivity contribution in [1.29, 1.82) is 0 Å². The van der Waals surface area contributed by atoms with Crippen molar-refractivity contribution >= 4 is 17.5 Å². The summed E-state index contributed by atoms with van der Waals surface area (Å²) in [5.74, 6) is -1.73. The summed E-state index contributed by atoms with van der Waals surface area (Å²) in [6.45, 7) is -0.687. The zero-order valence-corrected chi connectivity index (χ0v) is 24.6. The fourth-order valence-corrected chi connectivity index (χ4v) is 5.55. The Morgan fingerprint density at radius 1 is 0.978 bits per heavy atom. The highest BCUT2D eigenvalue weighted by Crippen LogP contribution is 2.42. The van der Waals surface area contributed by atoms with E-state index in [0.29, 0.717) is 24.0 Å². The Bertz CT molecular complexity index is 1630. The smallest absolute Gasteiger partial charge is 0.229 e. The monoisotopic (exact) mass is 621 g/mol. The van der Waals surface area contributed by atoms with Gasteiger partial charge in [-0.15, -0.1) is 0 Å². The lowest BCUT2D eigenvalue weighted by Gasteiger charge is -2.39. The van der Waals surface area contributed by atoms with E-state index in [1.165, 1.54) is 26.3 Å². The third kappa shape index (κ3) is 6.08. The molecule has 3 aromatic carbocycles. The number of benzene rings is 3. The van der Waals surface area contributed by atoms with Crippen LogP contribution in [0.15, 0.2) is 53.5 Å². The van der Waals surface area contributed by atoms with Gasteiger partial charge < -0.3 is 50.8 Å². The van der Waals surface area contributed by atoms with Gasteiger partial charge in [-0.3, -0.25) is 14.6 Å². The first kappa shape index (κ1) is 31.9. The molecular weight excluding hydrogens is 586 g/mol. The van der Waals surface area contributed by atoms with Crippen LogP contribution in [0.25, 0.3) is 0 Å². The van der Waals surface area contributed by atoms with Crippen LogP contribution in [0.5, 0.6) is 17.2 Å². The van der Waals surface area contributed by atoms with Crippen LogP contribution in [0, 0.1) is 0 Å². The van der Waals surface area contributed by atoms with Gasteiger partial charge >= 0.3 is 0 Å². The predicted octanol–water partition coefficient (Wildman–Crippen LogP) is 0.174. The molecular formula is C32H35N3O10. The van der Waals surface area contributed by atoms with E-state index in [-0.39, 0.29) is 46.3 Å². The van der Waals surface area contributed by atoms with Gasteiger partial charge in [0.2, 0.25) is 12.1 Å². The Balaban J connectivity index is 1.59. The van der Waals surface area contributed by atoms with E-state index in [0.717, 1.165) is 5.56 Å². The highest BCUT2D eigenvalue weighted by Gasteiger charge is 2.46. The molecule has 0 bridgehead atoms. The van der Waals surface area contributed by atoms with Crippen LogP contribution in [0.2, 0.25) is 0 Å². The van der Waals surface area contributed by atoms with Crippen molar-refractivity contribution in [1.82, 2.24) is 5.32 Å². The molecule has 13 nitrogen and oxygen atoms in total. The Hall–Kier alpha value is -4.53. The fourth-order valence-electron chi connectivity index (χ4n) is 5.55. The number of phenols is 1. The van der Waals surface area contributed by atoms with Crippen molar-refractivity contribution in [3.8, 4) is 17.2 Å². The summed E-state index contributed by atoms with van der Waals surface area (Å²) in [4.78, 5) is 32.1. The average molecular weight is 622 g/mol. The Kier molecular flexibility index (Phi) is 9.37. The maximum atomic E-state index is 14.2. The molecule has 1 aliphatic carbocycles. The number of aliphatic hydroxyl groups is 4. The first-order valence-corrected chi connectivity index (χ1v) is 14.3. The number of ether oxygens (including phenoxy) is 3. The lowest BCUT2D eigenvalue weighted by molar-refractivity contribution is -0.277. The number of guanidine groups is 1. The van der Waals surface area contributed by atoms with Crippen molar-refractivity contribution in [3.05, 3.63) is 87.5 Å². The van der Waals surface area contributed by atoms with Gasteiger partial charge in [0.25, 0.3) is 0 Å². The largest absolute Gasteiger partial charge is 0.507 e. The van der Waals surface area contributed by atoms with E-state index in [1.807, 2.05) is 30.3 Å².